The van der Waals surface area contributed by atoms with E-state index in [0.717, 1.165) is 63.4 Å². The summed E-state index contributed by atoms with van der Waals surface area (Å²) in [6.45, 7) is 6.99. The molecular formula is C28H42N2O4. The molecule has 1 unspecified atom stereocenters. The number of benzene rings is 2. The molecule has 0 saturated heterocycles. The number of aryl methyl sites for hydroxylation is 1. The number of hydrogen-bond donors (Lipinski definition) is 3. The number of methoxy groups -OCH3 is 1. The fraction of sp³-hybridized carbons (Fsp3) is 0.571. The summed E-state index contributed by atoms with van der Waals surface area (Å²) in [5.41, 5.74) is 2.37. The number of rotatable bonds is 15. The molecular weight excluding hydrogens is 428 g/mol. The van der Waals surface area contributed by atoms with Crippen molar-refractivity contribution in [2.75, 3.05) is 39.9 Å². The quantitative estimate of drug-likeness (QED) is 0.254. The zero-order valence-electron chi connectivity index (χ0n) is 20.9. The number of nitrogens with one attached hydrogen (secondary N) is 1. The molecule has 34 heavy (non-hydrogen) atoms. The lowest BCUT2D eigenvalue weighted by molar-refractivity contribution is 0.175. The van der Waals surface area contributed by atoms with Gasteiger partial charge in [0.05, 0.1) is 7.11 Å². The number of phenolic OH excluding ortho intramolecular Hbond substituents is 2. The summed E-state index contributed by atoms with van der Waals surface area (Å²) in [6, 6.07) is 11.8. The molecule has 0 radical (unpaired) electrons. The standard InChI is InChI=1S/C28H42N2O4/c1-3-16-30(24-13-12-22-20-25(31)26(32)21-23(22)19-24)17-9-5-4-8-14-29-15-18-34-28-11-7-6-10-27(28)33-2/h6-7,10-11,20-21,24,29,31-32H,3-5,8-9,12-19H2,1-2H3. The van der Waals surface area contributed by atoms with Gasteiger partial charge >= 0.3 is 0 Å². The third-order valence-corrected chi connectivity index (χ3v) is 6.68. The Morgan fingerprint density at radius 2 is 1.68 bits per heavy atom. The molecule has 3 N–H and O–H groups in total. The van der Waals surface area contributed by atoms with E-state index in [0.29, 0.717) is 12.6 Å². The SMILES string of the molecule is CCCN(CCCCCCNCCOc1ccccc1OC)C1CCc2cc(O)c(O)cc2C1. The molecule has 3 rings (SSSR count). The molecule has 0 spiro atoms. The fourth-order valence-electron chi connectivity index (χ4n) is 4.85. The van der Waals surface area contributed by atoms with Crippen LogP contribution in [0.15, 0.2) is 36.4 Å². The van der Waals surface area contributed by atoms with Crippen molar-refractivity contribution in [1.29, 1.82) is 0 Å². The van der Waals surface area contributed by atoms with Crippen LogP contribution in [-0.4, -0.2) is 61.1 Å². The van der Waals surface area contributed by atoms with Gasteiger partial charge in [-0.2, -0.15) is 0 Å². The van der Waals surface area contributed by atoms with Gasteiger partial charge in [-0.3, -0.25) is 0 Å². The smallest absolute Gasteiger partial charge is 0.161 e. The molecule has 1 aliphatic rings. The summed E-state index contributed by atoms with van der Waals surface area (Å²) in [5.74, 6) is 1.57. The number of ether oxygens (including phenoxy) is 2. The van der Waals surface area contributed by atoms with Crippen LogP contribution in [-0.2, 0) is 12.8 Å². The van der Waals surface area contributed by atoms with E-state index in [1.54, 1.807) is 19.2 Å². The Balaban J connectivity index is 1.28. The van der Waals surface area contributed by atoms with Crippen LogP contribution in [0, 0.1) is 0 Å². The lowest BCUT2D eigenvalue weighted by atomic mass is 9.87. The number of hydrogen-bond acceptors (Lipinski definition) is 6. The van der Waals surface area contributed by atoms with Crippen molar-refractivity contribution >= 4 is 0 Å². The van der Waals surface area contributed by atoms with E-state index in [9.17, 15) is 10.2 Å². The highest BCUT2D eigenvalue weighted by molar-refractivity contribution is 5.46. The van der Waals surface area contributed by atoms with Crippen LogP contribution in [0.1, 0.15) is 56.6 Å². The normalized spacial score (nSPS) is 15.3. The van der Waals surface area contributed by atoms with Crippen molar-refractivity contribution < 1.29 is 19.7 Å². The molecule has 0 aromatic heterocycles. The Morgan fingerprint density at radius 3 is 2.44 bits per heavy atom. The molecule has 6 heteroatoms. The molecule has 0 fully saturated rings. The van der Waals surface area contributed by atoms with Crippen molar-refractivity contribution in [3.05, 3.63) is 47.5 Å². The van der Waals surface area contributed by atoms with Gasteiger partial charge in [-0.1, -0.05) is 31.9 Å². The molecule has 2 aromatic rings. The molecule has 188 valence electrons. The van der Waals surface area contributed by atoms with E-state index in [4.69, 9.17) is 9.47 Å². The summed E-state index contributed by atoms with van der Waals surface area (Å²) in [4.78, 5) is 2.64. The van der Waals surface area contributed by atoms with Crippen molar-refractivity contribution in [3.8, 4) is 23.0 Å². The number of phenols is 2. The lowest BCUT2D eigenvalue weighted by Crippen LogP contribution is -2.40. The predicted molar refractivity (Wildman–Crippen MR) is 137 cm³/mol. The Hall–Kier alpha value is -2.44. The summed E-state index contributed by atoms with van der Waals surface area (Å²) in [5, 5.41) is 23.1. The molecule has 1 aliphatic carbocycles. The van der Waals surface area contributed by atoms with Crippen molar-refractivity contribution in [3.63, 3.8) is 0 Å². The third-order valence-electron chi connectivity index (χ3n) is 6.68. The Labute approximate surface area is 204 Å². The van der Waals surface area contributed by atoms with Crippen LogP contribution in [0.3, 0.4) is 0 Å². The van der Waals surface area contributed by atoms with Gasteiger partial charge in [0.15, 0.2) is 23.0 Å². The first-order valence-electron chi connectivity index (χ1n) is 12.9. The van der Waals surface area contributed by atoms with Gasteiger partial charge in [0.2, 0.25) is 0 Å². The minimum absolute atomic E-state index is 0.000977. The Kier molecular flexibility index (Phi) is 10.8. The number of para-hydroxylation sites is 2. The van der Waals surface area contributed by atoms with Crippen molar-refractivity contribution in [2.45, 2.75) is 64.3 Å². The number of aromatic hydroxyl groups is 2. The van der Waals surface area contributed by atoms with Gasteiger partial charge < -0.3 is 29.9 Å². The minimum atomic E-state index is 0.000977. The lowest BCUT2D eigenvalue weighted by Gasteiger charge is -2.35. The molecule has 0 saturated carbocycles. The highest BCUT2D eigenvalue weighted by atomic mass is 16.5. The average molecular weight is 471 g/mol. The highest BCUT2D eigenvalue weighted by Gasteiger charge is 2.24. The number of fused-ring (bicyclic) bond motifs is 1. The van der Waals surface area contributed by atoms with Crippen LogP contribution in [0.2, 0.25) is 0 Å². The van der Waals surface area contributed by atoms with Crippen molar-refractivity contribution in [2.24, 2.45) is 0 Å². The van der Waals surface area contributed by atoms with Gasteiger partial charge in [-0.05, 0) is 93.6 Å². The monoisotopic (exact) mass is 470 g/mol. The third kappa shape index (κ3) is 7.81. The maximum absolute atomic E-state index is 9.89. The van der Waals surface area contributed by atoms with E-state index in [1.165, 1.54) is 36.8 Å². The largest absolute Gasteiger partial charge is 0.504 e. The topological polar surface area (TPSA) is 74.2 Å². The summed E-state index contributed by atoms with van der Waals surface area (Å²) >= 11 is 0. The summed E-state index contributed by atoms with van der Waals surface area (Å²) in [7, 11) is 1.66. The predicted octanol–water partition coefficient (Wildman–Crippen LogP) is 4.90. The van der Waals surface area contributed by atoms with Gasteiger partial charge in [0.25, 0.3) is 0 Å². The highest BCUT2D eigenvalue weighted by Crippen LogP contribution is 2.34. The van der Waals surface area contributed by atoms with Crippen LogP contribution >= 0.6 is 0 Å². The van der Waals surface area contributed by atoms with Gasteiger partial charge in [0, 0.05) is 12.6 Å². The van der Waals surface area contributed by atoms with E-state index < -0.39 is 0 Å². The molecule has 2 aromatic carbocycles. The first-order valence-corrected chi connectivity index (χ1v) is 12.9. The number of unbranched alkanes of at least 4 members (excludes halogenated alkanes) is 3. The molecule has 0 aliphatic heterocycles. The first-order chi connectivity index (χ1) is 16.6. The summed E-state index contributed by atoms with van der Waals surface area (Å²) < 4.78 is 11.1. The van der Waals surface area contributed by atoms with Gasteiger partial charge in [0.1, 0.15) is 6.61 Å². The zero-order valence-corrected chi connectivity index (χ0v) is 20.9. The van der Waals surface area contributed by atoms with E-state index in [1.807, 2.05) is 24.3 Å². The van der Waals surface area contributed by atoms with Gasteiger partial charge in [-0.15, -0.1) is 0 Å². The fourth-order valence-corrected chi connectivity index (χ4v) is 4.85. The second-order valence-corrected chi connectivity index (χ2v) is 9.21. The molecule has 0 bridgehead atoms. The second kappa shape index (κ2) is 14.1. The summed E-state index contributed by atoms with van der Waals surface area (Å²) in [6.07, 6.45) is 9.11. The van der Waals surface area contributed by atoms with Gasteiger partial charge in [-0.25, -0.2) is 0 Å². The maximum atomic E-state index is 9.89. The maximum Gasteiger partial charge on any atom is 0.161 e. The van der Waals surface area contributed by atoms with E-state index >= 15 is 0 Å². The van der Waals surface area contributed by atoms with Crippen LogP contribution in [0.4, 0.5) is 0 Å². The van der Waals surface area contributed by atoms with Crippen LogP contribution < -0.4 is 14.8 Å². The van der Waals surface area contributed by atoms with Crippen molar-refractivity contribution in [1.82, 2.24) is 10.2 Å². The Morgan fingerprint density at radius 1 is 0.941 bits per heavy atom. The average Bonchev–Trinajstić information content (AvgIpc) is 2.85. The second-order valence-electron chi connectivity index (χ2n) is 9.21. The Bertz CT molecular complexity index is 873. The van der Waals surface area contributed by atoms with E-state index in [2.05, 4.69) is 17.1 Å². The molecule has 0 amide bonds. The molecule has 6 nitrogen and oxygen atoms in total. The van der Waals surface area contributed by atoms with Crippen LogP contribution in [0.5, 0.6) is 23.0 Å². The van der Waals surface area contributed by atoms with E-state index in [-0.39, 0.29) is 11.5 Å². The number of nitrogens with zero attached hydrogens (tertiary/aromatic N) is 1. The zero-order chi connectivity index (χ0) is 24.2. The molecule has 0 heterocycles. The minimum Gasteiger partial charge on any atom is -0.504 e. The first kappa shape index (κ1) is 26.2. The molecule has 1 atom stereocenters. The van der Waals surface area contributed by atoms with Crippen LogP contribution in [0.25, 0.3) is 0 Å².